The summed E-state index contributed by atoms with van der Waals surface area (Å²) in [6, 6.07) is 5.95. The summed E-state index contributed by atoms with van der Waals surface area (Å²) in [5.41, 5.74) is 0.910. The normalized spacial score (nSPS) is 21.4. The monoisotopic (exact) mass is 217 g/mol. The van der Waals surface area contributed by atoms with E-state index in [-0.39, 0.29) is 0 Å². The Kier molecular flexibility index (Phi) is 2.58. The summed E-state index contributed by atoms with van der Waals surface area (Å²) in [5, 5.41) is 8.36. The largest absolute Gasteiger partial charge is 0.378 e. The molecule has 0 spiro atoms. The molecule has 84 valence electrons. The van der Waals surface area contributed by atoms with Gasteiger partial charge in [0.15, 0.2) is 5.65 Å². The fraction of sp³-hybridized carbons (Fsp3) is 0.500. The van der Waals surface area contributed by atoms with Crippen LogP contribution in [0, 0.1) is 0 Å². The number of hydrogen-bond acceptors (Lipinski definition) is 3. The average molecular weight is 217 g/mol. The van der Waals surface area contributed by atoms with Crippen molar-refractivity contribution in [2.24, 2.45) is 0 Å². The molecule has 4 heteroatoms. The van der Waals surface area contributed by atoms with Gasteiger partial charge in [0.25, 0.3) is 0 Å². The molecule has 0 aromatic carbocycles. The van der Waals surface area contributed by atoms with Gasteiger partial charge in [-0.2, -0.15) is 0 Å². The lowest BCUT2D eigenvalue weighted by molar-refractivity contribution is 0.0155. The first-order valence-electron chi connectivity index (χ1n) is 5.84. The highest BCUT2D eigenvalue weighted by Gasteiger charge is 2.17. The molecule has 1 aliphatic heterocycles. The van der Waals surface area contributed by atoms with Crippen LogP contribution in [0.2, 0.25) is 0 Å². The van der Waals surface area contributed by atoms with E-state index in [1.807, 2.05) is 28.8 Å². The number of fused-ring (bicyclic) bond motifs is 1. The molecular weight excluding hydrogens is 202 g/mol. The maximum atomic E-state index is 5.72. The van der Waals surface area contributed by atoms with Gasteiger partial charge in [-0.05, 0) is 31.4 Å². The third-order valence-corrected chi connectivity index (χ3v) is 3.07. The van der Waals surface area contributed by atoms with Crippen molar-refractivity contribution in [3.05, 3.63) is 30.2 Å². The third-order valence-electron chi connectivity index (χ3n) is 3.07. The Morgan fingerprint density at radius 3 is 3.19 bits per heavy atom. The van der Waals surface area contributed by atoms with Gasteiger partial charge in [0.05, 0.1) is 6.10 Å². The summed E-state index contributed by atoms with van der Waals surface area (Å²) in [6.45, 7) is 0.890. The zero-order valence-electron chi connectivity index (χ0n) is 9.17. The van der Waals surface area contributed by atoms with Crippen molar-refractivity contribution in [3.8, 4) is 0 Å². The van der Waals surface area contributed by atoms with Crippen molar-refractivity contribution in [1.29, 1.82) is 0 Å². The van der Waals surface area contributed by atoms with Gasteiger partial charge in [-0.3, -0.25) is 4.40 Å². The maximum absolute atomic E-state index is 5.72. The zero-order valence-corrected chi connectivity index (χ0v) is 9.17. The SMILES string of the molecule is c1ccn2c(CC3CCCCO3)nnc2c1. The van der Waals surface area contributed by atoms with Crippen LogP contribution in [0.5, 0.6) is 0 Å². The fourth-order valence-corrected chi connectivity index (χ4v) is 2.20. The topological polar surface area (TPSA) is 39.4 Å². The van der Waals surface area contributed by atoms with Gasteiger partial charge in [0.2, 0.25) is 0 Å². The summed E-state index contributed by atoms with van der Waals surface area (Å²) >= 11 is 0. The average Bonchev–Trinajstić information content (AvgIpc) is 2.74. The summed E-state index contributed by atoms with van der Waals surface area (Å²) in [7, 11) is 0. The van der Waals surface area contributed by atoms with Crippen LogP contribution in [0.1, 0.15) is 25.1 Å². The van der Waals surface area contributed by atoms with E-state index in [9.17, 15) is 0 Å². The van der Waals surface area contributed by atoms with Gasteiger partial charge in [0.1, 0.15) is 5.82 Å². The minimum absolute atomic E-state index is 0.321. The Morgan fingerprint density at radius 2 is 2.31 bits per heavy atom. The molecule has 2 aromatic rings. The number of ether oxygens (including phenoxy) is 1. The zero-order chi connectivity index (χ0) is 10.8. The molecule has 1 aliphatic rings. The minimum atomic E-state index is 0.321. The molecule has 3 heterocycles. The van der Waals surface area contributed by atoms with Crippen molar-refractivity contribution in [1.82, 2.24) is 14.6 Å². The van der Waals surface area contributed by atoms with Crippen molar-refractivity contribution in [3.63, 3.8) is 0 Å². The lowest BCUT2D eigenvalue weighted by Gasteiger charge is -2.21. The van der Waals surface area contributed by atoms with Gasteiger partial charge in [-0.15, -0.1) is 10.2 Å². The van der Waals surface area contributed by atoms with E-state index in [0.717, 1.165) is 30.9 Å². The van der Waals surface area contributed by atoms with Gasteiger partial charge in [0, 0.05) is 19.2 Å². The summed E-state index contributed by atoms with van der Waals surface area (Å²) in [6.07, 6.45) is 6.79. The Hall–Kier alpha value is -1.42. The quantitative estimate of drug-likeness (QED) is 0.770. The first kappa shape index (κ1) is 9.78. The van der Waals surface area contributed by atoms with Crippen LogP contribution in [-0.2, 0) is 11.2 Å². The molecule has 2 aromatic heterocycles. The van der Waals surface area contributed by atoms with E-state index in [4.69, 9.17) is 4.74 Å². The van der Waals surface area contributed by atoms with Crippen molar-refractivity contribution in [2.45, 2.75) is 31.8 Å². The van der Waals surface area contributed by atoms with Crippen LogP contribution < -0.4 is 0 Å². The van der Waals surface area contributed by atoms with E-state index in [2.05, 4.69) is 10.2 Å². The minimum Gasteiger partial charge on any atom is -0.378 e. The summed E-state index contributed by atoms with van der Waals surface area (Å²) in [4.78, 5) is 0. The molecule has 4 nitrogen and oxygen atoms in total. The highest BCUT2D eigenvalue weighted by atomic mass is 16.5. The molecule has 1 unspecified atom stereocenters. The molecule has 0 amide bonds. The Bertz CT molecular complexity index is 474. The van der Waals surface area contributed by atoms with Crippen molar-refractivity contribution in [2.75, 3.05) is 6.61 Å². The van der Waals surface area contributed by atoms with Crippen LogP contribution in [0.4, 0.5) is 0 Å². The number of rotatable bonds is 2. The maximum Gasteiger partial charge on any atom is 0.160 e. The fourth-order valence-electron chi connectivity index (χ4n) is 2.20. The predicted octanol–water partition coefficient (Wildman–Crippen LogP) is 1.84. The second-order valence-electron chi connectivity index (χ2n) is 4.24. The summed E-state index contributed by atoms with van der Waals surface area (Å²) in [5.74, 6) is 1.00. The molecule has 0 N–H and O–H groups in total. The first-order valence-corrected chi connectivity index (χ1v) is 5.84. The van der Waals surface area contributed by atoms with Crippen molar-refractivity contribution >= 4 is 5.65 Å². The molecule has 1 saturated heterocycles. The molecule has 0 bridgehead atoms. The highest BCUT2D eigenvalue weighted by Crippen LogP contribution is 2.16. The number of pyridine rings is 1. The molecule has 0 saturated carbocycles. The van der Waals surface area contributed by atoms with Gasteiger partial charge < -0.3 is 4.74 Å². The molecule has 0 aliphatic carbocycles. The van der Waals surface area contributed by atoms with E-state index in [1.54, 1.807) is 0 Å². The molecule has 3 rings (SSSR count). The Balaban J connectivity index is 1.83. The second kappa shape index (κ2) is 4.22. The number of aromatic nitrogens is 3. The van der Waals surface area contributed by atoms with Crippen LogP contribution in [-0.4, -0.2) is 27.3 Å². The third kappa shape index (κ3) is 1.80. The second-order valence-corrected chi connectivity index (χ2v) is 4.24. The number of hydrogen-bond donors (Lipinski definition) is 0. The Labute approximate surface area is 94.3 Å². The highest BCUT2D eigenvalue weighted by molar-refractivity contribution is 5.37. The van der Waals surface area contributed by atoms with Crippen LogP contribution in [0.3, 0.4) is 0 Å². The Morgan fingerprint density at radius 1 is 1.31 bits per heavy atom. The standard InChI is InChI=1S/C12H15N3O/c1-3-7-15-11(6-1)13-14-12(15)9-10-5-2-4-8-16-10/h1,3,6-7,10H,2,4-5,8-9H2. The van der Waals surface area contributed by atoms with Crippen LogP contribution in [0.25, 0.3) is 5.65 Å². The van der Waals surface area contributed by atoms with E-state index in [0.29, 0.717) is 6.10 Å². The molecule has 1 atom stereocenters. The van der Waals surface area contributed by atoms with E-state index >= 15 is 0 Å². The number of nitrogens with zero attached hydrogens (tertiary/aromatic N) is 3. The van der Waals surface area contributed by atoms with Gasteiger partial charge >= 0.3 is 0 Å². The first-order chi connectivity index (χ1) is 7.93. The van der Waals surface area contributed by atoms with Crippen LogP contribution in [0.15, 0.2) is 24.4 Å². The molecule has 0 radical (unpaired) electrons. The van der Waals surface area contributed by atoms with Crippen molar-refractivity contribution < 1.29 is 4.74 Å². The summed E-state index contributed by atoms with van der Waals surface area (Å²) < 4.78 is 7.76. The van der Waals surface area contributed by atoms with Gasteiger partial charge in [-0.1, -0.05) is 6.07 Å². The van der Waals surface area contributed by atoms with Crippen LogP contribution >= 0.6 is 0 Å². The smallest absolute Gasteiger partial charge is 0.160 e. The molecule has 16 heavy (non-hydrogen) atoms. The lowest BCUT2D eigenvalue weighted by atomic mass is 10.1. The van der Waals surface area contributed by atoms with Gasteiger partial charge in [-0.25, -0.2) is 0 Å². The molecular formula is C12H15N3O. The van der Waals surface area contributed by atoms with E-state index in [1.165, 1.54) is 12.8 Å². The predicted molar refractivity (Wildman–Crippen MR) is 60.3 cm³/mol. The molecule has 1 fully saturated rings. The van der Waals surface area contributed by atoms with E-state index < -0.39 is 0 Å². The lowest BCUT2D eigenvalue weighted by Crippen LogP contribution is -2.22.